The third kappa shape index (κ3) is 2.53. The van der Waals surface area contributed by atoms with Crippen molar-refractivity contribution in [1.29, 1.82) is 5.26 Å². The van der Waals surface area contributed by atoms with Crippen molar-refractivity contribution in [3.8, 4) is 6.07 Å². The normalized spacial score (nSPS) is 28.6. The van der Waals surface area contributed by atoms with E-state index in [0.29, 0.717) is 0 Å². The fourth-order valence-corrected chi connectivity index (χ4v) is 2.31. The van der Waals surface area contributed by atoms with Gasteiger partial charge in [0.05, 0.1) is 6.07 Å². The Kier molecular flexibility index (Phi) is 3.33. The highest BCUT2D eigenvalue weighted by Gasteiger charge is 2.76. The number of esters is 1. The molecule has 1 aromatic carbocycles. The lowest BCUT2D eigenvalue weighted by Gasteiger charge is -2.22. The van der Waals surface area contributed by atoms with Crippen LogP contribution >= 0.6 is 0 Å². The van der Waals surface area contributed by atoms with Crippen molar-refractivity contribution < 1.29 is 13.9 Å². The largest absolute Gasteiger partial charge is 0.459 e. The smallest absolute Gasteiger partial charge is 0.330 e. The molecule has 0 aromatic heterocycles. The minimum absolute atomic E-state index is 0.0562. The number of nitrogens with zero attached hydrogens (tertiary/aromatic N) is 1. The van der Waals surface area contributed by atoms with Crippen LogP contribution in [0.15, 0.2) is 30.3 Å². The van der Waals surface area contributed by atoms with Gasteiger partial charge in [-0.25, -0.2) is 4.39 Å². The second kappa shape index (κ2) is 4.59. The summed E-state index contributed by atoms with van der Waals surface area (Å²) in [7, 11) is 0. The second-order valence-electron chi connectivity index (χ2n) is 6.32. The predicted molar refractivity (Wildman–Crippen MR) is 72.5 cm³/mol. The quantitative estimate of drug-likeness (QED) is 0.796. The number of halogens is 1. The average molecular weight is 275 g/mol. The molecule has 0 unspecified atom stereocenters. The number of hydrogen-bond acceptors (Lipinski definition) is 3. The highest BCUT2D eigenvalue weighted by atomic mass is 19.1. The van der Waals surface area contributed by atoms with Crippen molar-refractivity contribution in [2.75, 3.05) is 0 Å². The molecule has 1 fully saturated rings. The zero-order valence-corrected chi connectivity index (χ0v) is 11.9. The summed E-state index contributed by atoms with van der Waals surface area (Å²) in [4.78, 5) is 12.1. The Morgan fingerprint density at radius 1 is 1.40 bits per heavy atom. The highest BCUT2D eigenvalue weighted by Crippen LogP contribution is 2.61. The highest BCUT2D eigenvalue weighted by molar-refractivity contribution is 5.87. The molecule has 1 aromatic rings. The van der Waals surface area contributed by atoms with E-state index >= 15 is 0 Å². The molecular weight excluding hydrogens is 257 g/mol. The fourth-order valence-electron chi connectivity index (χ4n) is 2.31. The Morgan fingerprint density at radius 2 is 2.00 bits per heavy atom. The van der Waals surface area contributed by atoms with Gasteiger partial charge in [0.1, 0.15) is 11.3 Å². The van der Waals surface area contributed by atoms with Crippen molar-refractivity contribution in [2.24, 2.45) is 5.41 Å². The number of hydrogen-bond donors (Lipinski definition) is 0. The van der Waals surface area contributed by atoms with E-state index in [1.165, 1.54) is 0 Å². The predicted octanol–water partition coefficient (Wildman–Crippen LogP) is 3.19. The number of rotatable bonds is 3. The molecule has 0 saturated heterocycles. The zero-order chi connectivity index (χ0) is 15.0. The van der Waals surface area contributed by atoms with Gasteiger partial charge >= 0.3 is 5.97 Å². The van der Waals surface area contributed by atoms with Crippen molar-refractivity contribution >= 4 is 5.97 Å². The Balaban J connectivity index is 2.16. The molecule has 1 aliphatic carbocycles. The number of alkyl halides is 1. The van der Waals surface area contributed by atoms with Crippen LogP contribution in [-0.4, -0.2) is 17.2 Å². The Morgan fingerprint density at radius 3 is 2.50 bits per heavy atom. The molecule has 0 spiro atoms. The number of carbonyl (C=O) groups is 1. The lowest BCUT2D eigenvalue weighted by atomic mass is 9.98. The summed E-state index contributed by atoms with van der Waals surface area (Å²) in [6, 6.07) is 10.9. The second-order valence-corrected chi connectivity index (χ2v) is 6.32. The fraction of sp³-hybridized carbons (Fsp3) is 0.500. The summed E-state index contributed by atoms with van der Waals surface area (Å²) in [5, 5.41) is 9.25. The first-order chi connectivity index (χ1) is 9.22. The van der Waals surface area contributed by atoms with Crippen LogP contribution in [-0.2, 0) is 16.0 Å². The number of nitriles is 1. The summed E-state index contributed by atoms with van der Waals surface area (Å²) in [6.07, 6.45) is -0.0407. The summed E-state index contributed by atoms with van der Waals surface area (Å²) in [5.74, 6) is -0.758. The maximum Gasteiger partial charge on any atom is 0.330 e. The molecule has 0 N–H and O–H groups in total. The van der Waals surface area contributed by atoms with Crippen LogP contribution in [0.25, 0.3) is 0 Å². The summed E-state index contributed by atoms with van der Waals surface area (Å²) < 4.78 is 20.0. The Labute approximate surface area is 118 Å². The van der Waals surface area contributed by atoms with Crippen LogP contribution in [0.3, 0.4) is 0 Å². The molecule has 0 amide bonds. The molecule has 0 heterocycles. The molecule has 1 saturated carbocycles. The van der Waals surface area contributed by atoms with Gasteiger partial charge in [0.15, 0.2) is 5.41 Å². The molecule has 106 valence electrons. The van der Waals surface area contributed by atoms with Crippen molar-refractivity contribution in [2.45, 2.75) is 44.9 Å². The first kappa shape index (κ1) is 14.5. The number of ether oxygens (including phenoxy) is 1. The SMILES string of the molecule is CC(C)(C)OC(=O)[C@@]1(C#N)C[C@@]1(F)Cc1ccccc1. The van der Waals surface area contributed by atoms with Crippen LogP contribution in [0, 0.1) is 16.7 Å². The minimum atomic E-state index is -1.83. The van der Waals surface area contributed by atoms with Gasteiger partial charge in [-0.15, -0.1) is 0 Å². The summed E-state index contributed by atoms with van der Waals surface area (Å²) in [5.41, 5.74) is -3.44. The van der Waals surface area contributed by atoms with E-state index in [2.05, 4.69) is 0 Å². The standard InChI is InChI=1S/C16H18FNO2/c1-14(2,3)20-13(19)15(11-18)10-16(15,17)9-12-7-5-4-6-8-12/h4-8H,9-10H2,1-3H3/t15-,16-/m0/s1. The van der Waals surface area contributed by atoms with Crippen LogP contribution in [0.5, 0.6) is 0 Å². The van der Waals surface area contributed by atoms with Gasteiger partial charge in [0, 0.05) is 12.8 Å². The van der Waals surface area contributed by atoms with Gasteiger partial charge < -0.3 is 4.74 Å². The minimum Gasteiger partial charge on any atom is -0.459 e. The van der Waals surface area contributed by atoms with E-state index in [4.69, 9.17) is 4.74 Å². The molecule has 0 radical (unpaired) electrons. The van der Waals surface area contributed by atoms with E-state index in [1.54, 1.807) is 32.9 Å². The first-order valence-corrected chi connectivity index (χ1v) is 6.60. The van der Waals surface area contributed by atoms with Crippen LogP contribution in [0.2, 0.25) is 0 Å². The number of carbonyl (C=O) groups excluding carboxylic acids is 1. The van der Waals surface area contributed by atoms with Crippen molar-refractivity contribution in [1.82, 2.24) is 0 Å². The molecule has 20 heavy (non-hydrogen) atoms. The Bertz CT molecular complexity index is 558. The molecule has 0 aliphatic heterocycles. The van der Waals surface area contributed by atoms with Crippen molar-refractivity contribution in [3.05, 3.63) is 35.9 Å². The maximum absolute atomic E-state index is 14.8. The van der Waals surface area contributed by atoms with E-state index in [0.717, 1.165) is 5.56 Å². The summed E-state index contributed by atoms with van der Waals surface area (Å²) in [6.45, 7) is 5.11. The van der Waals surface area contributed by atoms with E-state index < -0.39 is 22.7 Å². The molecule has 3 nitrogen and oxygen atoms in total. The number of benzene rings is 1. The van der Waals surface area contributed by atoms with E-state index in [-0.39, 0.29) is 12.8 Å². The van der Waals surface area contributed by atoms with Crippen LogP contribution in [0.1, 0.15) is 32.8 Å². The third-order valence-electron chi connectivity index (χ3n) is 3.45. The maximum atomic E-state index is 14.8. The van der Waals surface area contributed by atoms with E-state index in [9.17, 15) is 14.4 Å². The van der Waals surface area contributed by atoms with Crippen LogP contribution < -0.4 is 0 Å². The molecule has 1 aliphatic rings. The monoisotopic (exact) mass is 275 g/mol. The molecular formula is C16H18FNO2. The summed E-state index contributed by atoms with van der Waals surface area (Å²) >= 11 is 0. The zero-order valence-electron chi connectivity index (χ0n) is 11.9. The van der Waals surface area contributed by atoms with Crippen molar-refractivity contribution in [3.63, 3.8) is 0 Å². The first-order valence-electron chi connectivity index (χ1n) is 6.60. The van der Waals surface area contributed by atoms with E-state index in [1.807, 2.05) is 24.3 Å². The third-order valence-corrected chi connectivity index (χ3v) is 3.45. The van der Waals surface area contributed by atoms with Gasteiger partial charge in [0.2, 0.25) is 0 Å². The topological polar surface area (TPSA) is 50.1 Å². The van der Waals surface area contributed by atoms with Gasteiger partial charge in [-0.2, -0.15) is 5.26 Å². The van der Waals surface area contributed by atoms with Gasteiger partial charge in [-0.1, -0.05) is 30.3 Å². The van der Waals surface area contributed by atoms with Gasteiger partial charge in [-0.3, -0.25) is 4.79 Å². The lowest BCUT2D eigenvalue weighted by molar-refractivity contribution is -0.161. The van der Waals surface area contributed by atoms with Gasteiger partial charge in [-0.05, 0) is 26.3 Å². The van der Waals surface area contributed by atoms with Crippen LogP contribution in [0.4, 0.5) is 4.39 Å². The molecule has 2 atom stereocenters. The average Bonchev–Trinajstić information content (AvgIpc) is 2.95. The van der Waals surface area contributed by atoms with Gasteiger partial charge in [0.25, 0.3) is 0 Å². The molecule has 0 bridgehead atoms. The molecule has 4 heteroatoms. The molecule has 2 rings (SSSR count). The Hall–Kier alpha value is -1.89. The lowest BCUT2D eigenvalue weighted by Crippen LogP contribution is -2.33.